The molecule has 1 saturated carbocycles. The number of carbonyl (C=O) groups excluding carboxylic acids is 1. The molecule has 0 radical (unpaired) electrons. The molecule has 1 aromatic rings. The summed E-state index contributed by atoms with van der Waals surface area (Å²) in [7, 11) is 0. The number of piperidine rings is 1. The topological polar surface area (TPSA) is 94.6 Å². The molecule has 0 spiro atoms. The Bertz CT molecular complexity index is 608. The molecular weight excluding hydrogens is 320 g/mol. The minimum atomic E-state index is -1.02. The highest BCUT2D eigenvalue weighted by atomic mass is 16.4. The van der Waals surface area contributed by atoms with Gasteiger partial charge in [-0.15, -0.1) is 0 Å². The number of nitrogens with one attached hydrogen (secondary N) is 2. The zero-order chi connectivity index (χ0) is 17.6. The quantitative estimate of drug-likeness (QED) is 0.778. The van der Waals surface area contributed by atoms with Gasteiger partial charge in [0.25, 0.3) is 0 Å². The largest absolute Gasteiger partial charge is 0.477 e. The van der Waals surface area contributed by atoms with Gasteiger partial charge in [-0.1, -0.05) is 25.3 Å². The van der Waals surface area contributed by atoms with E-state index >= 15 is 0 Å². The molecule has 136 valence electrons. The fraction of sp³-hybridized carbons (Fsp3) is 0.611. The zero-order valence-electron chi connectivity index (χ0n) is 14.4. The lowest BCUT2D eigenvalue weighted by molar-refractivity contribution is 0.0690. The van der Waals surface area contributed by atoms with Crippen LogP contribution in [-0.4, -0.2) is 47.3 Å². The van der Waals surface area contributed by atoms with Gasteiger partial charge in [-0.25, -0.2) is 14.6 Å². The monoisotopic (exact) mass is 346 g/mol. The number of aromatic carboxylic acids is 1. The van der Waals surface area contributed by atoms with E-state index in [1.165, 1.54) is 25.3 Å². The van der Waals surface area contributed by atoms with Crippen molar-refractivity contribution in [2.75, 3.05) is 18.0 Å². The molecule has 1 aliphatic heterocycles. The molecule has 3 rings (SSSR count). The number of carboxylic acid groups (broad SMARTS) is 1. The Kier molecular flexibility index (Phi) is 5.73. The molecule has 1 saturated heterocycles. The van der Waals surface area contributed by atoms with Gasteiger partial charge in [0, 0.05) is 25.2 Å². The van der Waals surface area contributed by atoms with Gasteiger partial charge in [-0.2, -0.15) is 0 Å². The molecular formula is C18H26N4O3. The predicted molar refractivity (Wildman–Crippen MR) is 95.0 cm³/mol. The van der Waals surface area contributed by atoms with Crippen molar-refractivity contribution >= 4 is 17.8 Å². The second-order valence-electron chi connectivity index (χ2n) is 6.90. The molecule has 7 nitrogen and oxygen atoms in total. The minimum Gasteiger partial charge on any atom is -0.477 e. The summed E-state index contributed by atoms with van der Waals surface area (Å²) in [5, 5.41) is 15.2. The van der Waals surface area contributed by atoms with Gasteiger partial charge in [0.2, 0.25) is 0 Å². The molecule has 7 heteroatoms. The first kappa shape index (κ1) is 17.5. The Morgan fingerprint density at radius 3 is 2.28 bits per heavy atom. The van der Waals surface area contributed by atoms with Crippen LogP contribution in [0.15, 0.2) is 18.2 Å². The second-order valence-corrected chi connectivity index (χ2v) is 6.90. The first-order valence-electron chi connectivity index (χ1n) is 9.14. The van der Waals surface area contributed by atoms with Crippen LogP contribution in [0.4, 0.5) is 10.6 Å². The Morgan fingerprint density at radius 2 is 1.64 bits per heavy atom. The van der Waals surface area contributed by atoms with Crippen molar-refractivity contribution < 1.29 is 14.7 Å². The molecule has 2 fully saturated rings. The highest BCUT2D eigenvalue weighted by Gasteiger charge is 2.23. The summed E-state index contributed by atoms with van der Waals surface area (Å²) in [5.41, 5.74) is 0.0598. The summed E-state index contributed by atoms with van der Waals surface area (Å²) >= 11 is 0. The summed E-state index contributed by atoms with van der Waals surface area (Å²) in [4.78, 5) is 29.4. The SMILES string of the molecule is O=C(NC1CCCCC1)NC1CCN(c2cccc(C(=O)O)n2)CC1. The van der Waals surface area contributed by atoms with Crippen molar-refractivity contribution in [3.63, 3.8) is 0 Å². The van der Waals surface area contributed by atoms with E-state index in [2.05, 4.69) is 20.5 Å². The molecule has 3 N–H and O–H groups in total. The van der Waals surface area contributed by atoms with E-state index in [1.54, 1.807) is 6.07 Å². The van der Waals surface area contributed by atoms with Crippen LogP contribution in [0.5, 0.6) is 0 Å². The zero-order valence-corrected chi connectivity index (χ0v) is 14.4. The minimum absolute atomic E-state index is 0.0589. The van der Waals surface area contributed by atoms with Gasteiger partial charge in [0.05, 0.1) is 0 Å². The van der Waals surface area contributed by atoms with E-state index in [9.17, 15) is 9.59 Å². The fourth-order valence-corrected chi connectivity index (χ4v) is 3.63. The Morgan fingerprint density at radius 1 is 1.00 bits per heavy atom. The van der Waals surface area contributed by atoms with Crippen molar-refractivity contribution in [2.24, 2.45) is 0 Å². The molecule has 0 bridgehead atoms. The van der Waals surface area contributed by atoms with E-state index in [4.69, 9.17) is 5.11 Å². The van der Waals surface area contributed by atoms with E-state index in [1.807, 2.05) is 6.07 Å². The number of carbonyl (C=O) groups is 2. The van der Waals surface area contributed by atoms with Gasteiger partial charge in [0.15, 0.2) is 5.69 Å². The summed E-state index contributed by atoms with van der Waals surface area (Å²) in [6.45, 7) is 1.51. The van der Waals surface area contributed by atoms with Crippen LogP contribution in [-0.2, 0) is 0 Å². The molecule has 1 aliphatic carbocycles. The molecule has 0 unspecified atom stereocenters. The number of anilines is 1. The van der Waals surface area contributed by atoms with Crippen molar-refractivity contribution in [3.8, 4) is 0 Å². The third kappa shape index (κ3) is 4.84. The highest BCUT2D eigenvalue weighted by Crippen LogP contribution is 2.19. The third-order valence-electron chi connectivity index (χ3n) is 5.05. The van der Waals surface area contributed by atoms with E-state index < -0.39 is 5.97 Å². The van der Waals surface area contributed by atoms with E-state index in [0.29, 0.717) is 11.9 Å². The normalized spacial score (nSPS) is 19.4. The number of carboxylic acids is 1. The van der Waals surface area contributed by atoms with E-state index in [-0.39, 0.29) is 17.8 Å². The lowest BCUT2D eigenvalue weighted by atomic mass is 9.96. The van der Waals surface area contributed by atoms with Crippen LogP contribution in [0.25, 0.3) is 0 Å². The van der Waals surface area contributed by atoms with Crippen molar-refractivity contribution in [1.29, 1.82) is 0 Å². The van der Waals surface area contributed by atoms with Crippen molar-refractivity contribution in [2.45, 2.75) is 57.0 Å². The fourth-order valence-electron chi connectivity index (χ4n) is 3.63. The highest BCUT2D eigenvalue weighted by molar-refractivity contribution is 5.85. The second kappa shape index (κ2) is 8.18. The summed E-state index contributed by atoms with van der Waals surface area (Å²) in [6.07, 6.45) is 7.50. The molecule has 1 aromatic heterocycles. The number of nitrogens with zero attached hydrogens (tertiary/aromatic N) is 2. The maximum absolute atomic E-state index is 12.1. The number of amides is 2. The van der Waals surface area contributed by atoms with Gasteiger partial charge >= 0.3 is 12.0 Å². The summed E-state index contributed by atoms with van der Waals surface area (Å²) in [6, 6.07) is 5.45. The van der Waals surface area contributed by atoms with Crippen LogP contribution in [0.3, 0.4) is 0 Å². The number of urea groups is 1. The average Bonchev–Trinajstić information content (AvgIpc) is 2.63. The number of rotatable bonds is 4. The molecule has 25 heavy (non-hydrogen) atoms. The number of hydrogen-bond acceptors (Lipinski definition) is 4. The van der Waals surface area contributed by atoms with Crippen LogP contribution >= 0.6 is 0 Å². The molecule has 0 atom stereocenters. The van der Waals surface area contributed by atoms with Gasteiger partial charge in [-0.05, 0) is 37.8 Å². The predicted octanol–water partition coefficient (Wildman–Crippen LogP) is 2.38. The first-order chi connectivity index (χ1) is 12.1. The smallest absolute Gasteiger partial charge is 0.354 e. The lowest BCUT2D eigenvalue weighted by Crippen LogP contribution is -2.50. The van der Waals surface area contributed by atoms with E-state index in [0.717, 1.165) is 38.8 Å². The Balaban J connectivity index is 1.46. The number of pyridine rings is 1. The van der Waals surface area contributed by atoms with Gasteiger partial charge in [0.1, 0.15) is 5.82 Å². The molecule has 0 aromatic carbocycles. The molecule has 2 aliphatic rings. The van der Waals surface area contributed by atoms with Crippen molar-refractivity contribution in [1.82, 2.24) is 15.6 Å². The van der Waals surface area contributed by atoms with Crippen LogP contribution < -0.4 is 15.5 Å². The Hall–Kier alpha value is -2.31. The first-order valence-corrected chi connectivity index (χ1v) is 9.14. The molecule has 2 amide bonds. The summed E-state index contributed by atoms with van der Waals surface area (Å²) < 4.78 is 0. The van der Waals surface area contributed by atoms with Crippen LogP contribution in [0.1, 0.15) is 55.4 Å². The van der Waals surface area contributed by atoms with Crippen molar-refractivity contribution in [3.05, 3.63) is 23.9 Å². The molecule has 2 heterocycles. The Labute approximate surface area is 147 Å². The van der Waals surface area contributed by atoms with Gasteiger partial charge in [-0.3, -0.25) is 0 Å². The van der Waals surface area contributed by atoms with Crippen LogP contribution in [0, 0.1) is 0 Å². The lowest BCUT2D eigenvalue weighted by Gasteiger charge is -2.33. The number of aromatic nitrogens is 1. The third-order valence-corrected chi connectivity index (χ3v) is 5.05. The van der Waals surface area contributed by atoms with Crippen LogP contribution in [0.2, 0.25) is 0 Å². The standard InChI is InChI=1S/C18H26N4O3/c23-17(24)15-7-4-8-16(21-15)22-11-9-14(10-12-22)20-18(25)19-13-5-2-1-3-6-13/h4,7-8,13-14H,1-3,5-6,9-12H2,(H,23,24)(H2,19,20,25). The maximum Gasteiger partial charge on any atom is 0.354 e. The number of hydrogen-bond donors (Lipinski definition) is 3. The summed E-state index contributed by atoms with van der Waals surface area (Å²) in [5.74, 6) is -0.331. The maximum atomic E-state index is 12.1. The van der Waals surface area contributed by atoms with Gasteiger partial charge < -0.3 is 20.6 Å². The average molecular weight is 346 g/mol.